The lowest BCUT2D eigenvalue weighted by Crippen LogP contribution is -1.92. The number of fused-ring (bicyclic) bond motifs is 1. The molecule has 0 unspecified atom stereocenters. The average molecular weight is 375 g/mol. The third kappa shape index (κ3) is 3.55. The molecule has 27 heavy (non-hydrogen) atoms. The Morgan fingerprint density at radius 1 is 0.963 bits per heavy atom. The van der Waals surface area contributed by atoms with E-state index in [-0.39, 0.29) is 0 Å². The molecule has 0 aliphatic heterocycles. The summed E-state index contributed by atoms with van der Waals surface area (Å²) in [4.78, 5) is 10.5. The van der Waals surface area contributed by atoms with Gasteiger partial charge in [0.1, 0.15) is 5.75 Å². The van der Waals surface area contributed by atoms with Crippen LogP contribution in [0.2, 0.25) is 0 Å². The van der Waals surface area contributed by atoms with Crippen molar-refractivity contribution in [3.63, 3.8) is 0 Å². The summed E-state index contributed by atoms with van der Waals surface area (Å²) in [5.41, 5.74) is 4.15. The number of thioether (sulfide) groups is 1. The zero-order valence-electron chi connectivity index (χ0n) is 15.4. The molecule has 2 aromatic heterocycles. The van der Waals surface area contributed by atoms with Gasteiger partial charge in [-0.3, -0.25) is 4.40 Å². The number of benzene rings is 2. The van der Waals surface area contributed by atoms with Gasteiger partial charge in [0.2, 0.25) is 5.78 Å². The predicted molar refractivity (Wildman–Crippen MR) is 111 cm³/mol. The van der Waals surface area contributed by atoms with E-state index >= 15 is 0 Å². The minimum Gasteiger partial charge on any atom is -0.494 e. The molecule has 0 spiro atoms. The number of hydrogen-bond donors (Lipinski definition) is 0. The molecule has 0 aliphatic carbocycles. The summed E-state index contributed by atoms with van der Waals surface area (Å²) in [7, 11) is 0. The van der Waals surface area contributed by atoms with Crippen molar-refractivity contribution in [2.75, 3.05) is 12.4 Å². The Morgan fingerprint density at radius 3 is 2.41 bits per heavy atom. The zero-order chi connectivity index (χ0) is 18.6. The van der Waals surface area contributed by atoms with E-state index in [9.17, 15) is 0 Å². The third-order valence-electron chi connectivity index (χ3n) is 4.28. The molecule has 5 heteroatoms. The van der Waals surface area contributed by atoms with Gasteiger partial charge in [-0.25, -0.2) is 9.97 Å². The standard InChI is InChI=1S/C22H21N3OS/c1-3-26-18-10-6-16(7-11-18)20-21(25-15-5-14-23-22(25)24-20)17-8-12-19(13-9-17)27-4-2/h5-15H,3-4H2,1-2H3. The van der Waals surface area contributed by atoms with Crippen LogP contribution in [-0.4, -0.2) is 26.7 Å². The van der Waals surface area contributed by atoms with E-state index < -0.39 is 0 Å². The van der Waals surface area contributed by atoms with Crippen LogP contribution in [0.25, 0.3) is 28.3 Å². The van der Waals surface area contributed by atoms with E-state index in [1.54, 1.807) is 6.20 Å². The van der Waals surface area contributed by atoms with Crippen molar-refractivity contribution in [2.45, 2.75) is 18.7 Å². The summed E-state index contributed by atoms with van der Waals surface area (Å²) in [6.45, 7) is 4.81. The highest BCUT2D eigenvalue weighted by molar-refractivity contribution is 7.99. The van der Waals surface area contributed by atoms with Crippen LogP contribution in [0.3, 0.4) is 0 Å². The van der Waals surface area contributed by atoms with Gasteiger partial charge >= 0.3 is 0 Å². The highest BCUT2D eigenvalue weighted by atomic mass is 32.2. The number of ether oxygens (including phenoxy) is 1. The van der Waals surface area contributed by atoms with Crippen LogP contribution >= 0.6 is 11.8 Å². The number of rotatable bonds is 6. The zero-order valence-corrected chi connectivity index (χ0v) is 16.2. The van der Waals surface area contributed by atoms with Crippen LogP contribution in [0.1, 0.15) is 13.8 Å². The third-order valence-corrected chi connectivity index (χ3v) is 5.18. The average Bonchev–Trinajstić information content (AvgIpc) is 3.09. The van der Waals surface area contributed by atoms with E-state index in [4.69, 9.17) is 9.72 Å². The Kier molecular flexibility index (Phi) is 5.12. The monoisotopic (exact) mass is 375 g/mol. The second-order valence-electron chi connectivity index (χ2n) is 6.01. The normalized spacial score (nSPS) is 11.0. The minimum absolute atomic E-state index is 0.658. The first-order valence-electron chi connectivity index (χ1n) is 9.09. The fraction of sp³-hybridized carbons (Fsp3) is 0.182. The summed E-state index contributed by atoms with van der Waals surface area (Å²) in [6, 6.07) is 18.7. The summed E-state index contributed by atoms with van der Waals surface area (Å²) in [5, 5.41) is 0. The lowest BCUT2D eigenvalue weighted by Gasteiger charge is -2.08. The Hall–Kier alpha value is -2.79. The van der Waals surface area contributed by atoms with Crippen LogP contribution < -0.4 is 4.74 Å². The second-order valence-corrected chi connectivity index (χ2v) is 7.35. The molecule has 0 saturated heterocycles. The molecule has 2 heterocycles. The molecule has 4 nitrogen and oxygen atoms in total. The number of imidazole rings is 1. The van der Waals surface area contributed by atoms with Crippen LogP contribution in [0.5, 0.6) is 5.75 Å². The molecule has 0 atom stereocenters. The van der Waals surface area contributed by atoms with Gasteiger partial charge in [-0.05, 0) is 55.1 Å². The van der Waals surface area contributed by atoms with Crippen LogP contribution in [0, 0.1) is 0 Å². The maximum absolute atomic E-state index is 5.57. The lowest BCUT2D eigenvalue weighted by molar-refractivity contribution is 0.340. The molecule has 4 rings (SSSR count). The Bertz CT molecular complexity index is 1040. The van der Waals surface area contributed by atoms with Gasteiger partial charge in [0, 0.05) is 28.4 Å². The molecule has 4 aromatic rings. The van der Waals surface area contributed by atoms with Crippen molar-refractivity contribution >= 4 is 17.5 Å². The van der Waals surface area contributed by atoms with Crippen molar-refractivity contribution in [1.29, 1.82) is 0 Å². The van der Waals surface area contributed by atoms with Gasteiger partial charge < -0.3 is 4.74 Å². The van der Waals surface area contributed by atoms with E-state index in [1.165, 1.54) is 4.90 Å². The quantitative estimate of drug-likeness (QED) is 0.413. The fourth-order valence-electron chi connectivity index (χ4n) is 3.12. The molecule has 0 saturated carbocycles. The lowest BCUT2D eigenvalue weighted by atomic mass is 10.0. The van der Waals surface area contributed by atoms with E-state index in [1.807, 2.05) is 47.5 Å². The SMILES string of the molecule is CCOc1ccc(-c2nc3ncccn3c2-c2ccc(SCC)cc2)cc1. The van der Waals surface area contributed by atoms with Crippen molar-refractivity contribution in [3.8, 4) is 28.3 Å². The second kappa shape index (κ2) is 7.84. The Labute approximate surface area is 163 Å². The molecule has 0 N–H and O–H groups in total. The Balaban J connectivity index is 1.84. The fourth-order valence-corrected chi connectivity index (χ4v) is 3.78. The van der Waals surface area contributed by atoms with Crippen molar-refractivity contribution in [1.82, 2.24) is 14.4 Å². The molecule has 136 valence electrons. The van der Waals surface area contributed by atoms with Gasteiger partial charge in [-0.2, -0.15) is 0 Å². The first-order chi connectivity index (χ1) is 13.3. The van der Waals surface area contributed by atoms with Gasteiger partial charge in [0.15, 0.2) is 0 Å². The number of hydrogen-bond acceptors (Lipinski definition) is 4. The molecule has 0 fully saturated rings. The predicted octanol–water partition coefficient (Wildman–Crippen LogP) is 5.57. The van der Waals surface area contributed by atoms with E-state index in [2.05, 4.69) is 48.3 Å². The van der Waals surface area contributed by atoms with Gasteiger partial charge in [0.25, 0.3) is 0 Å². The summed E-state index contributed by atoms with van der Waals surface area (Å²) in [6.07, 6.45) is 3.78. The summed E-state index contributed by atoms with van der Waals surface area (Å²) < 4.78 is 7.62. The van der Waals surface area contributed by atoms with Crippen LogP contribution in [0.15, 0.2) is 71.9 Å². The van der Waals surface area contributed by atoms with Crippen molar-refractivity contribution in [3.05, 3.63) is 67.0 Å². The highest BCUT2D eigenvalue weighted by Gasteiger charge is 2.16. The molecular formula is C22H21N3OS. The summed E-state index contributed by atoms with van der Waals surface area (Å²) >= 11 is 1.84. The number of nitrogens with zero attached hydrogens (tertiary/aromatic N) is 3. The smallest absolute Gasteiger partial charge is 0.234 e. The van der Waals surface area contributed by atoms with E-state index in [0.717, 1.165) is 34.0 Å². The molecule has 0 amide bonds. The molecule has 0 aliphatic rings. The summed E-state index contributed by atoms with van der Waals surface area (Å²) in [5.74, 6) is 2.63. The van der Waals surface area contributed by atoms with E-state index in [0.29, 0.717) is 12.4 Å². The molecule has 0 radical (unpaired) electrons. The van der Waals surface area contributed by atoms with Gasteiger partial charge in [-0.15, -0.1) is 11.8 Å². The van der Waals surface area contributed by atoms with Crippen molar-refractivity contribution < 1.29 is 4.74 Å². The maximum Gasteiger partial charge on any atom is 0.234 e. The first kappa shape index (κ1) is 17.6. The highest BCUT2D eigenvalue weighted by Crippen LogP contribution is 2.34. The topological polar surface area (TPSA) is 39.4 Å². The Morgan fingerprint density at radius 2 is 1.70 bits per heavy atom. The molecule has 2 aromatic carbocycles. The van der Waals surface area contributed by atoms with Crippen LogP contribution in [0.4, 0.5) is 0 Å². The maximum atomic E-state index is 5.57. The van der Waals surface area contributed by atoms with Crippen LogP contribution in [-0.2, 0) is 0 Å². The van der Waals surface area contributed by atoms with Gasteiger partial charge in [0.05, 0.1) is 18.0 Å². The minimum atomic E-state index is 0.658. The first-order valence-corrected chi connectivity index (χ1v) is 10.1. The largest absolute Gasteiger partial charge is 0.494 e. The van der Waals surface area contributed by atoms with Gasteiger partial charge in [-0.1, -0.05) is 19.1 Å². The van der Waals surface area contributed by atoms with Crippen molar-refractivity contribution in [2.24, 2.45) is 0 Å². The molecule has 0 bridgehead atoms. The molecular weight excluding hydrogens is 354 g/mol. The number of aromatic nitrogens is 3.